The predicted molar refractivity (Wildman–Crippen MR) is 53.4 cm³/mol. The van der Waals surface area contributed by atoms with Crippen LogP contribution in [0.5, 0.6) is 0 Å². The first-order chi connectivity index (χ1) is 6.06. The quantitative estimate of drug-likeness (QED) is 0.684. The second kappa shape index (κ2) is 4.43. The van der Waals surface area contributed by atoms with E-state index in [1.807, 2.05) is 13.8 Å². The first kappa shape index (κ1) is 11.0. The van der Waals surface area contributed by atoms with E-state index in [-0.39, 0.29) is 5.41 Å². The highest BCUT2D eigenvalue weighted by molar-refractivity contribution is 4.73. The van der Waals surface area contributed by atoms with E-state index >= 15 is 0 Å². The van der Waals surface area contributed by atoms with E-state index in [1.54, 1.807) is 0 Å². The Labute approximate surface area is 81.3 Å². The van der Waals surface area contributed by atoms with Crippen LogP contribution in [0.1, 0.15) is 52.9 Å². The van der Waals surface area contributed by atoms with Crippen molar-refractivity contribution in [2.45, 2.75) is 65.3 Å². The summed E-state index contributed by atoms with van der Waals surface area (Å²) in [6.07, 6.45) is 5.41. The summed E-state index contributed by atoms with van der Waals surface area (Å²) >= 11 is 0. The molecule has 0 saturated heterocycles. The van der Waals surface area contributed by atoms with E-state index in [0.717, 1.165) is 19.3 Å². The lowest BCUT2D eigenvalue weighted by Crippen LogP contribution is -2.34. The summed E-state index contributed by atoms with van der Waals surface area (Å²) in [5.74, 6) is 0. The standard InChI is InChI=1S/C11H22O2/c1-4-11(2,3)10(12)13-9-7-5-6-8-9/h9-10,12H,4-8H2,1-3H3. The van der Waals surface area contributed by atoms with Gasteiger partial charge in [0.2, 0.25) is 0 Å². The molecule has 0 spiro atoms. The maximum absolute atomic E-state index is 9.82. The molecule has 2 nitrogen and oxygen atoms in total. The van der Waals surface area contributed by atoms with Gasteiger partial charge in [-0.15, -0.1) is 0 Å². The fraction of sp³-hybridized carbons (Fsp3) is 1.00. The van der Waals surface area contributed by atoms with Gasteiger partial charge in [0, 0.05) is 5.41 Å². The lowest BCUT2D eigenvalue weighted by atomic mass is 9.89. The lowest BCUT2D eigenvalue weighted by Gasteiger charge is -2.31. The average Bonchev–Trinajstić information content (AvgIpc) is 2.57. The van der Waals surface area contributed by atoms with Crippen LogP contribution in [0.2, 0.25) is 0 Å². The molecular formula is C11H22O2. The summed E-state index contributed by atoms with van der Waals surface area (Å²) in [6, 6.07) is 0. The molecule has 0 radical (unpaired) electrons. The molecule has 1 N–H and O–H groups in total. The van der Waals surface area contributed by atoms with E-state index in [0.29, 0.717) is 6.10 Å². The smallest absolute Gasteiger partial charge is 0.159 e. The van der Waals surface area contributed by atoms with Crippen molar-refractivity contribution >= 4 is 0 Å². The van der Waals surface area contributed by atoms with Crippen molar-refractivity contribution < 1.29 is 9.84 Å². The number of hydrogen-bond acceptors (Lipinski definition) is 2. The molecule has 1 aliphatic rings. The van der Waals surface area contributed by atoms with Gasteiger partial charge in [0.05, 0.1) is 6.10 Å². The number of ether oxygens (including phenoxy) is 1. The van der Waals surface area contributed by atoms with Crippen molar-refractivity contribution in [2.75, 3.05) is 0 Å². The normalized spacial score (nSPS) is 22.2. The second-order valence-electron chi connectivity index (χ2n) is 4.74. The van der Waals surface area contributed by atoms with Crippen molar-refractivity contribution in [1.29, 1.82) is 0 Å². The van der Waals surface area contributed by atoms with Gasteiger partial charge in [-0.05, 0) is 19.3 Å². The molecule has 1 aliphatic carbocycles. The maximum atomic E-state index is 9.82. The van der Waals surface area contributed by atoms with Gasteiger partial charge in [-0.2, -0.15) is 0 Å². The summed E-state index contributed by atoms with van der Waals surface area (Å²) in [5.41, 5.74) is -0.109. The first-order valence-electron chi connectivity index (χ1n) is 5.40. The molecule has 0 amide bonds. The van der Waals surface area contributed by atoms with E-state index < -0.39 is 6.29 Å². The van der Waals surface area contributed by atoms with Crippen LogP contribution in [0.15, 0.2) is 0 Å². The third-order valence-electron chi connectivity index (χ3n) is 3.20. The Hall–Kier alpha value is -0.0800. The van der Waals surface area contributed by atoms with E-state index in [2.05, 4.69) is 6.92 Å². The van der Waals surface area contributed by atoms with Crippen molar-refractivity contribution in [3.05, 3.63) is 0 Å². The highest BCUT2D eigenvalue weighted by Crippen LogP contribution is 2.30. The fourth-order valence-corrected chi connectivity index (χ4v) is 1.57. The molecule has 2 heteroatoms. The monoisotopic (exact) mass is 186 g/mol. The molecular weight excluding hydrogens is 164 g/mol. The Morgan fingerprint density at radius 2 is 1.92 bits per heavy atom. The Morgan fingerprint density at radius 3 is 2.38 bits per heavy atom. The molecule has 1 rings (SSSR count). The summed E-state index contributed by atoms with van der Waals surface area (Å²) in [4.78, 5) is 0. The highest BCUT2D eigenvalue weighted by atomic mass is 16.6. The molecule has 13 heavy (non-hydrogen) atoms. The van der Waals surface area contributed by atoms with Crippen molar-refractivity contribution in [2.24, 2.45) is 5.41 Å². The van der Waals surface area contributed by atoms with Crippen LogP contribution in [-0.2, 0) is 4.74 Å². The summed E-state index contributed by atoms with van der Waals surface area (Å²) in [6.45, 7) is 6.18. The van der Waals surface area contributed by atoms with Crippen molar-refractivity contribution in [1.82, 2.24) is 0 Å². The Morgan fingerprint density at radius 1 is 1.38 bits per heavy atom. The molecule has 0 aromatic heterocycles. The Balaban J connectivity index is 2.34. The zero-order valence-corrected chi connectivity index (χ0v) is 9.05. The lowest BCUT2D eigenvalue weighted by molar-refractivity contribution is -0.191. The van der Waals surface area contributed by atoms with Crippen LogP contribution >= 0.6 is 0 Å². The summed E-state index contributed by atoms with van der Waals surface area (Å²) < 4.78 is 5.62. The van der Waals surface area contributed by atoms with E-state index in [1.165, 1.54) is 12.8 Å². The number of aliphatic hydroxyl groups excluding tert-OH is 1. The van der Waals surface area contributed by atoms with Crippen LogP contribution in [-0.4, -0.2) is 17.5 Å². The minimum Gasteiger partial charge on any atom is -0.367 e. The van der Waals surface area contributed by atoms with Gasteiger partial charge in [0.1, 0.15) is 0 Å². The molecule has 0 aromatic rings. The van der Waals surface area contributed by atoms with Gasteiger partial charge in [-0.3, -0.25) is 0 Å². The number of hydrogen-bond donors (Lipinski definition) is 1. The largest absolute Gasteiger partial charge is 0.367 e. The van der Waals surface area contributed by atoms with Crippen LogP contribution in [0, 0.1) is 5.41 Å². The minimum atomic E-state index is -0.597. The van der Waals surface area contributed by atoms with Crippen LogP contribution < -0.4 is 0 Å². The maximum Gasteiger partial charge on any atom is 0.159 e. The molecule has 0 heterocycles. The SMILES string of the molecule is CCC(C)(C)C(O)OC1CCCC1. The zero-order valence-electron chi connectivity index (χ0n) is 9.05. The first-order valence-corrected chi connectivity index (χ1v) is 5.40. The number of aliphatic hydroxyl groups is 1. The Kier molecular flexibility index (Phi) is 3.74. The van der Waals surface area contributed by atoms with Gasteiger partial charge in [0.25, 0.3) is 0 Å². The molecule has 78 valence electrons. The summed E-state index contributed by atoms with van der Waals surface area (Å²) in [5, 5.41) is 9.82. The van der Waals surface area contributed by atoms with Gasteiger partial charge in [-0.1, -0.05) is 33.6 Å². The topological polar surface area (TPSA) is 29.5 Å². The number of rotatable bonds is 4. The highest BCUT2D eigenvalue weighted by Gasteiger charge is 2.29. The molecule has 1 atom stereocenters. The van der Waals surface area contributed by atoms with E-state index in [9.17, 15) is 5.11 Å². The molecule has 1 unspecified atom stereocenters. The van der Waals surface area contributed by atoms with Crippen molar-refractivity contribution in [3.8, 4) is 0 Å². The fourth-order valence-electron chi connectivity index (χ4n) is 1.57. The Bertz CT molecular complexity index is 148. The third-order valence-corrected chi connectivity index (χ3v) is 3.20. The van der Waals surface area contributed by atoms with Crippen LogP contribution in [0.3, 0.4) is 0 Å². The zero-order chi connectivity index (χ0) is 9.90. The van der Waals surface area contributed by atoms with Crippen molar-refractivity contribution in [3.63, 3.8) is 0 Å². The van der Waals surface area contributed by atoms with Crippen LogP contribution in [0.25, 0.3) is 0 Å². The van der Waals surface area contributed by atoms with E-state index in [4.69, 9.17) is 4.74 Å². The molecule has 1 saturated carbocycles. The second-order valence-corrected chi connectivity index (χ2v) is 4.74. The van der Waals surface area contributed by atoms with Gasteiger partial charge in [0.15, 0.2) is 6.29 Å². The predicted octanol–water partition coefficient (Wildman–Crippen LogP) is 2.70. The van der Waals surface area contributed by atoms with Gasteiger partial charge >= 0.3 is 0 Å². The average molecular weight is 186 g/mol. The molecule has 0 aliphatic heterocycles. The van der Waals surface area contributed by atoms with Gasteiger partial charge in [-0.25, -0.2) is 0 Å². The van der Waals surface area contributed by atoms with Crippen LogP contribution in [0.4, 0.5) is 0 Å². The minimum absolute atomic E-state index is 0.109. The third kappa shape index (κ3) is 2.96. The summed E-state index contributed by atoms with van der Waals surface area (Å²) in [7, 11) is 0. The van der Waals surface area contributed by atoms with Gasteiger partial charge < -0.3 is 9.84 Å². The molecule has 1 fully saturated rings. The molecule has 0 bridgehead atoms. The molecule has 0 aromatic carbocycles.